The SMILES string of the molecule is Cc1cc(C)c(C(=O)NC(C)C2CCCNC2)c(C)c1.Cl. The van der Waals surface area contributed by atoms with Crippen molar-refractivity contribution in [2.24, 2.45) is 5.92 Å². The fourth-order valence-corrected chi connectivity index (χ4v) is 3.24. The molecule has 1 saturated heterocycles. The molecule has 0 aromatic heterocycles. The third kappa shape index (κ3) is 4.45. The van der Waals surface area contributed by atoms with Crippen LogP contribution in [0.5, 0.6) is 0 Å². The molecule has 0 radical (unpaired) electrons. The lowest BCUT2D eigenvalue weighted by atomic mass is 9.92. The molecule has 2 N–H and O–H groups in total. The minimum atomic E-state index is 0. The molecule has 0 aliphatic carbocycles. The summed E-state index contributed by atoms with van der Waals surface area (Å²) in [5.74, 6) is 0.608. The number of hydrogen-bond donors (Lipinski definition) is 2. The van der Waals surface area contributed by atoms with E-state index < -0.39 is 0 Å². The Morgan fingerprint density at radius 2 is 1.90 bits per heavy atom. The second kappa shape index (κ2) is 7.81. The van der Waals surface area contributed by atoms with Crippen molar-refractivity contribution < 1.29 is 4.79 Å². The second-order valence-corrected chi connectivity index (χ2v) is 6.14. The summed E-state index contributed by atoms with van der Waals surface area (Å²) >= 11 is 0. The highest BCUT2D eigenvalue weighted by Crippen LogP contribution is 2.18. The van der Waals surface area contributed by atoms with Gasteiger partial charge < -0.3 is 10.6 Å². The standard InChI is InChI=1S/C17H26N2O.ClH/c1-11-8-12(2)16(13(3)9-11)17(20)19-14(4)15-6-5-7-18-10-15;/h8-9,14-15,18H,5-7,10H2,1-4H3,(H,19,20);1H. The Morgan fingerprint density at radius 1 is 1.29 bits per heavy atom. The van der Waals surface area contributed by atoms with E-state index in [9.17, 15) is 4.79 Å². The summed E-state index contributed by atoms with van der Waals surface area (Å²) in [6.45, 7) is 10.3. The zero-order chi connectivity index (χ0) is 14.7. The summed E-state index contributed by atoms with van der Waals surface area (Å²) in [6.07, 6.45) is 2.40. The van der Waals surface area contributed by atoms with Crippen LogP contribution in [0.1, 0.15) is 46.8 Å². The van der Waals surface area contributed by atoms with E-state index in [1.165, 1.54) is 18.4 Å². The molecule has 1 aliphatic heterocycles. The van der Waals surface area contributed by atoms with Crippen molar-refractivity contribution in [2.75, 3.05) is 13.1 Å². The number of benzene rings is 1. The van der Waals surface area contributed by atoms with Crippen LogP contribution in [-0.2, 0) is 0 Å². The lowest BCUT2D eigenvalue weighted by Gasteiger charge is -2.29. The number of hydrogen-bond acceptors (Lipinski definition) is 2. The van der Waals surface area contributed by atoms with Crippen LogP contribution in [0, 0.1) is 26.7 Å². The lowest BCUT2D eigenvalue weighted by Crippen LogP contribution is -2.44. The van der Waals surface area contributed by atoms with Crippen molar-refractivity contribution in [3.05, 3.63) is 34.4 Å². The molecular formula is C17H27ClN2O. The summed E-state index contributed by atoms with van der Waals surface area (Å²) in [6, 6.07) is 4.37. The fraction of sp³-hybridized carbons (Fsp3) is 0.588. The van der Waals surface area contributed by atoms with Gasteiger partial charge in [-0.3, -0.25) is 4.79 Å². The Morgan fingerprint density at radius 3 is 2.43 bits per heavy atom. The quantitative estimate of drug-likeness (QED) is 0.900. The molecule has 2 atom stereocenters. The molecule has 3 nitrogen and oxygen atoms in total. The van der Waals surface area contributed by atoms with E-state index in [2.05, 4.69) is 36.6 Å². The van der Waals surface area contributed by atoms with E-state index in [1.54, 1.807) is 0 Å². The number of rotatable bonds is 3. The molecule has 118 valence electrons. The fourth-order valence-electron chi connectivity index (χ4n) is 3.24. The molecule has 4 heteroatoms. The van der Waals surface area contributed by atoms with Crippen LogP contribution >= 0.6 is 12.4 Å². The first-order chi connectivity index (χ1) is 9.49. The number of piperidine rings is 1. The molecule has 2 unspecified atom stereocenters. The molecule has 21 heavy (non-hydrogen) atoms. The van der Waals surface area contributed by atoms with E-state index in [-0.39, 0.29) is 24.4 Å². The van der Waals surface area contributed by atoms with Gasteiger partial charge in [-0.2, -0.15) is 0 Å². The number of carbonyl (C=O) groups is 1. The van der Waals surface area contributed by atoms with Crippen LogP contribution < -0.4 is 10.6 Å². The zero-order valence-electron chi connectivity index (χ0n) is 13.5. The van der Waals surface area contributed by atoms with Gasteiger partial charge >= 0.3 is 0 Å². The van der Waals surface area contributed by atoms with Crippen molar-refractivity contribution in [1.29, 1.82) is 0 Å². The van der Waals surface area contributed by atoms with Crippen LogP contribution in [0.3, 0.4) is 0 Å². The van der Waals surface area contributed by atoms with E-state index in [0.29, 0.717) is 5.92 Å². The molecular weight excluding hydrogens is 284 g/mol. The van der Waals surface area contributed by atoms with Crippen LogP contribution in [0.2, 0.25) is 0 Å². The smallest absolute Gasteiger partial charge is 0.252 e. The third-order valence-electron chi connectivity index (χ3n) is 4.30. The van der Waals surface area contributed by atoms with Crippen LogP contribution in [0.4, 0.5) is 0 Å². The first-order valence-corrected chi connectivity index (χ1v) is 7.58. The first-order valence-electron chi connectivity index (χ1n) is 7.58. The number of halogens is 1. The summed E-state index contributed by atoms with van der Waals surface area (Å²) in [4.78, 5) is 12.5. The normalized spacial score (nSPS) is 19.5. The summed E-state index contributed by atoms with van der Waals surface area (Å²) < 4.78 is 0. The number of aryl methyl sites for hydroxylation is 3. The maximum absolute atomic E-state index is 12.5. The van der Waals surface area contributed by atoms with Gasteiger partial charge in [-0.1, -0.05) is 17.7 Å². The Bertz CT molecular complexity index is 473. The molecule has 0 bridgehead atoms. The van der Waals surface area contributed by atoms with E-state index in [0.717, 1.165) is 29.8 Å². The third-order valence-corrected chi connectivity index (χ3v) is 4.30. The number of carbonyl (C=O) groups excluding carboxylic acids is 1. The Labute approximate surface area is 134 Å². The van der Waals surface area contributed by atoms with Gasteiger partial charge in [0.1, 0.15) is 0 Å². The molecule has 0 spiro atoms. The summed E-state index contributed by atoms with van der Waals surface area (Å²) in [7, 11) is 0. The van der Waals surface area contributed by atoms with Gasteiger partial charge in [0.15, 0.2) is 0 Å². The van der Waals surface area contributed by atoms with Gasteiger partial charge in [0.05, 0.1) is 0 Å². The minimum absolute atomic E-state index is 0. The Hall–Kier alpha value is -1.06. The van der Waals surface area contributed by atoms with Gasteiger partial charge in [-0.15, -0.1) is 12.4 Å². The Balaban J connectivity index is 0.00000220. The average Bonchev–Trinajstić information content (AvgIpc) is 2.38. The predicted molar refractivity (Wildman–Crippen MR) is 90.4 cm³/mol. The van der Waals surface area contributed by atoms with Crippen molar-refractivity contribution in [3.8, 4) is 0 Å². The highest BCUT2D eigenvalue weighted by Gasteiger charge is 2.22. The Kier molecular flexibility index (Phi) is 6.69. The monoisotopic (exact) mass is 310 g/mol. The van der Waals surface area contributed by atoms with E-state index in [4.69, 9.17) is 0 Å². The molecule has 1 aromatic carbocycles. The van der Waals surface area contributed by atoms with Gasteiger partial charge in [-0.05, 0) is 70.7 Å². The van der Waals surface area contributed by atoms with Crippen molar-refractivity contribution >= 4 is 18.3 Å². The molecule has 1 heterocycles. The molecule has 2 rings (SSSR count). The second-order valence-electron chi connectivity index (χ2n) is 6.14. The predicted octanol–water partition coefficient (Wildman–Crippen LogP) is 3.15. The van der Waals surface area contributed by atoms with Crippen molar-refractivity contribution in [1.82, 2.24) is 10.6 Å². The van der Waals surface area contributed by atoms with E-state index >= 15 is 0 Å². The van der Waals surface area contributed by atoms with Crippen LogP contribution in [-0.4, -0.2) is 25.0 Å². The highest BCUT2D eigenvalue weighted by molar-refractivity contribution is 5.97. The average molecular weight is 311 g/mol. The molecule has 1 fully saturated rings. The van der Waals surface area contributed by atoms with E-state index in [1.807, 2.05) is 13.8 Å². The lowest BCUT2D eigenvalue weighted by molar-refractivity contribution is 0.0920. The summed E-state index contributed by atoms with van der Waals surface area (Å²) in [5, 5.41) is 6.60. The van der Waals surface area contributed by atoms with Gasteiger partial charge in [0.2, 0.25) is 0 Å². The summed E-state index contributed by atoms with van der Waals surface area (Å²) in [5.41, 5.74) is 4.18. The van der Waals surface area contributed by atoms with Gasteiger partial charge in [0, 0.05) is 11.6 Å². The van der Waals surface area contributed by atoms with Crippen LogP contribution in [0.25, 0.3) is 0 Å². The molecule has 1 aliphatic rings. The first kappa shape index (κ1) is 18.0. The van der Waals surface area contributed by atoms with Gasteiger partial charge in [0.25, 0.3) is 5.91 Å². The molecule has 1 aromatic rings. The van der Waals surface area contributed by atoms with Crippen LogP contribution in [0.15, 0.2) is 12.1 Å². The maximum Gasteiger partial charge on any atom is 0.252 e. The molecule has 1 amide bonds. The largest absolute Gasteiger partial charge is 0.349 e. The van der Waals surface area contributed by atoms with Crippen molar-refractivity contribution in [3.63, 3.8) is 0 Å². The van der Waals surface area contributed by atoms with Crippen molar-refractivity contribution in [2.45, 2.75) is 46.6 Å². The van der Waals surface area contributed by atoms with Gasteiger partial charge in [-0.25, -0.2) is 0 Å². The highest BCUT2D eigenvalue weighted by atomic mass is 35.5. The maximum atomic E-state index is 12.5. The zero-order valence-corrected chi connectivity index (χ0v) is 14.3. The number of nitrogens with one attached hydrogen (secondary N) is 2. The molecule has 0 saturated carbocycles. The minimum Gasteiger partial charge on any atom is -0.349 e. The topological polar surface area (TPSA) is 41.1 Å². The number of amides is 1.